The molecule has 3 heterocycles. The summed E-state index contributed by atoms with van der Waals surface area (Å²) in [5.74, 6) is 0.857. The summed E-state index contributed by atoms with van der Waals surface area (Å²) in [5.41, 5.74) is 0.979. The second-order valence-corrected chi connectivity index (χ2v) is 10.5. The molecule has 0 unspecified atom stereocenters. The highest BCUT2D eigenvalue weighted by Gasteiger charge is 2.34. The lowest BCUT2D eigenvalue weighted by atomic mass is 9.96. The Morgan fingerprint density at radius 1 is 1.09 bits per heavy atom. The van der Waals surface area contributed by atoms with E-state index in [4.69, 9.17) is 5.41 Å². The van der Waals surface area contributed by atoms with Gasteiger partial charge in [0.1, 0.15) is 0 Å². The molecule has 0 aliphatic carbocycles. The quantitative estimate of drug-likeness (QED) is 0.456. The number of carbonyl (C=O) groups is 1. The summed E-state index contributed by atoms with van der Waals surface area (Å²) < 4.78 is 29.3. The number of hydrogen-bond acceptors (Lipinski definition) is 5. The standard InChI is InChI=1S/C22H30N6O3S.2ClH/c1-18(23)26-9-6-20(7-10-26)15-27-12-13-28(16-22(27)29)32(30,31)21-4-2-19(3-5-21)14-25-11-8-24-17-25;;/h2-5,8,11,17,20,23H,6-7,9-10,12-16H2,1H3;2*1H. The summed E-state index contributed by atoms with van der Waals surface area (Å²) >= 11 is 0. The minimum Gasteiger partial charge on any atom is -0.361 e. The number of aromatic nitrogens is 2. The first-order valence-electron chi connectivity index (χ1n) is 11.0. The molecule has 1 aromatic heterocycles. The van der Waals surface area contributed by atoms with E-state index < -0.39 is 10.0 Å². The van der Waals surface area contributed by atoms with Crippen molar-refractivity contribution < 1.29 is 13.2 Å². The smallest absolute Gasteiger partial charge is 0.243 e. The lowest BCUT2D eigenvalue weighted by Crippen LogP contribution is -2.53. The number of amidine groups is 1. The number of imidazole rings is 1. The first-order chi connectivity index (χ1) is 15.3. The van der Waals surface area contributed by atoms with Crippen molar-refractivity contribution >= 4 is 46.6 Å². The molecule has 0 bridgehead atoms. The molecule has 0 atom stereocenters. The van der Waals surface area contributed by atoms with Crippen LogP contribution in [0, 0.1) is 11.3 Å². The molecule has 1 aromatic carbocycles. The predicted octanol–water partition coefficient (Wildman–Crippen LogP) is 2.32. The number of sulfonamides is 1. The molecule has 2 fully saturated rings. The summed E-state index contributed by atoms with van der Waals surface area (Å²) in [7, 11) is -3.71. The van der Waals surface area contributed by atoms with Gasteiger partial charge in [-0.1, -0.05) is 12.1 Å². The van der Waals surface area contributed by atoms with Gasteiger partial charge < -0.3 is 14.4 Å². The Morgan fingerprint density at radius 2 is 1.76 bits per heavy atom. The third kappa shape index (κ3) is 6.50. The molecule has 0 spiro atoms. The van der Waals surface area contributed by atoms with Crippen LogP contribution in [0.3, 0.4) is 0 Å². The Balaban J connectivity index is 0.00000204. The number of benzene rings is 1. The molecule has 2 saturated heterocycles. The van der Waals surface area contributed by atoms with Gasteiger partial charge in [-0.2, -0.15) is 4.31 Å². The van der Waals surface area contributed by atoms with Crippen LogP contribution in [-0.2, 0) is 21.4 Å². The second-order valence-electron chi connectivity index (χ2n) is 8.57. The number of nitrogens with one attached hydrogen (secondary N) is 1. The van der Waals surface area contributed by atoms with Crippen molar-refractivity contribution in [3.05, 3.63) is 48.5 Å². The largest absolute Gasteiger partial charge is 0.361 e. The van der Waals surface area contributed by atoms with Gasteiger partial charge in [0.15, 0.2) is 0 Å². The van der Waals surface area contributed by atoms with Crippen LogP contribution >= 0.6 is 24.8 Å². The molecular weight excluding hydrogens is 499 g/mol. The van der Waals surface area contributed by atoms with Crippen LogP contribution in [0.15, 0.2) is 47.9 Å². The van der Waals surface area contributed by atoms with E-state index in [1.54, 1.807) is 48.6 Å². The Kier molecular flexibility index (Phi) is 9.93. The molecule has 188 valence electrons. The Hall–Kier alpha value is -2.14. The van der Waals surface area contributed by atoms with Crippen LogP contribution in [-0.4, -0.2) is 83.1 Å². The lowest BCUT2D eigenvalue weighted by Gasteiger charge is -2.38. The Morgan fingerprint density at radius 3 is 2.32 bits per heavy atom. The van der Waals surface area contributed by atoms with Crippen LogP contribution in [0.2, 0.25) is 0 Å². The first-order valence-corrected chi connectivity index (χ1v) is 12.4. The fourth-order valence-electron chi connectivity index (χ4n) is 4.35. The van der Waals surface area contributed by atoms with E-state index in [-0.39, 0.29) is 42.2 Å². The van der Waals surface area contributed by atoms with Gasteiger partial charge in [0.2, 0.25) is 15.9 Å². The molecule has 1 N–H and O–H groups in total. The van der Waals surface area contributed by atoms with Crippen molar-refractivity contribution in [2.75, 3.05) is 39.3 Å². The number of piperazine rings is 1. The van der Waals surface area contributed by atoms with Crippen LogP contribution < -0.4 is 0 Å². The average molecular weight is 532 g/mol. The first kappa shape index (κ1) is 28.1. The maximum Gasteiger partial charge on any atom is 0.243 e. The summed E-state index contributed by atoms with van der Waals surface area (Å²) in [6.07, 6.45) is 7.18. The third-order valence-corrected chi connectivity index (χ3v) is 8.20. The molecule has 9 nitrogen and oxygen atoms in total. The number of carbonyl (C=O) groups excluding carboxylic acids is 1. The van der Waals surface area contributed by atoms with E-state index >= 15 is 0 Å². The predicted molar refractivity (Wildman–Crippen MR) is 135 cm³/mol. The molecule has 34 heavy (non-hydrogen) atoms. The molecule has 2 aromatic rings. The van der Waals surface area contributed by atoms with E-state index in [1.165, 1.54) is 4.31 Å². The number of likely N-dealkylation sites (tertiary alicyclic amines) is 1. The molecule has 1 amide bonds. The topological polar surface area (TPSA) is 103 Å². The highest BCUT2D eigenvalue weighted by Crippen LogP contribution is 2.22. The van der Waals surface area contributed by atoms with E-state index in [9.17, 15) is 13.2 Å². The van der Waals surface area contributed by atoms with Crippen LogP contribution in [0.25, 0.3) is 0 Å². The van der Waals surface area contributed by atoms with Gasteiger partial charge in [-0.25, -0.2) is 13.4 Å². The zero-order chi connectivity index (χ0) is 22.7. The summed E-state index contributed by atoms with van der Waals surface area (Å²) in [4.78, 5) is 20.8. The van der Waals surface area contributed by atoms with Crippen LogP contribution in [0.4, 0.5) is 0 Å². The second kappa shape index (κ2) is 12.0. The normalized spacial score (nSPS) is 17.7. The summed E-state index contributed by atoms with van der Waals surface area (Å²) in [6, 6.07) is 6.82. The monoisotopic (exact) mass is 530 g/mol. The number of nitrogens with zero attached hydrogens (tertiary/aromatic N) is 5. The van der Waals surface area contributed by atoms with Crippen molar-refractivity contribution in [2.24, 2.45) is 5.92 Å². The highest BCUT2D eigenvalue weighted by molar-refractivity contribution is 7.89. The van der Waals surface area contributed by atoms with Gasteiger partial charge in [-0.3, -0.25) is 10.2 Å². The van der Waals surface area contributed by atoms with Gasteiger partial charge in [-0.05, 0) is 43.4 Å². The minimum atomic E-state index is -3.71. The molecule has 0 saturated carbocycles. The van der Waals surface area contributed by atoms with Gasteiger partial charge in [-0.15, -0.1) is 24.8 Å². The van der Waals surface area contributed by atoms with Crippen LogP contribution in [0.1, 0.15) is 25.3 Å². The van der Waals surface area contributed by atoms with E-state index in [0.29, 0.717) is 37.9 Å². The van der Waals surface area contributed by atoms with Crippen molar-refractivity contribution in [3.63, 3.8) is 0 Å². The van der Waals surface area contributed by atoms with Gasteiger partial charge >= 0.3 is 0 Å². The van der Waals surface area contributed by atoms with E-state index in [0.717, 1.165) is 31.5 Å². The molecule has 0 radical (unpaired) electrons. The fourth-order valence-corrected chi connectivity index (χ4v) is 5.74. The Bertz CT molecular complexity index is 1050. The number of rotatable bonds is 6. The fraction of sp³-hybridized carbons (Fsp3) is 0.500. The molecule has 2 aliphatic heterocycles. The van der Waals surface area contributed by atoms with Gasteiger partial charge in [0.05, 0.1) is 23.6 Å². The number of piperidine rings is 1. The van der Waals surface area contributed by atoms with Gasteiger partial charge in [0, 0.05) is 51.7 Å². The third-order valence-electron chi connectivity index (χ3n) is 6.34. The van der Waals surface area contributed by atoms with Crippen molar-refractivity contribution in [3.8, 4) is 0 Å². The molecule has 2 aliphatic rings. The van der Waals surface area contributed by atoms with Gasteiger partial charge in [0.25, 0.3) is 0 Å². The maximum atomic E-state index is 13.1. The van der Waals surface area contributed by atoms with Crippen molar-refractivity contribution in [2.45, 2.75) is 31.2 Å². The molecule has 4 rings (SSSR count). The van der Waals surface area contributed by atoms with E-state index in [2.05, 4.69) is 9.88 Å². The maximum absolute atomic E-state index is 13.1. The molecule has 12 heteroatoms. The average Bonchev–Trinajstić information content (AvgIpc) is 3.29. The zero-order valence-electron chi connectivity index (χ0n) is 19.2. The number of hydrogen-bond donors (Lipinski definition) is 1. The molecular formula is C22H32Cl2N6O3S. The van der Waals surface area contributed by atoms with E-state index in [1.807, 2.05) is 10.8 Å². The minimum absolute atomic E-state index is 0. The number of amides is 1. The van der Waals surface area contributed by atoms with Crippen molar-refractivity contribution in [1.29, 1.82) is 5.41 Å². The Labute approximate surface area is 213 Å². The number of halogens is 2. The van der Waals surface area contributed by atoms with Crippen LogP contribution in [0.5, 0.6) is 0 Å². The highest BCUT2D eigenvalue weighted by atomic mass is 35.5. The SMILES string of the molecule is CC(=N)N1CCC(CN2CCN(S(=O)(=O)c3ccc(Cn4ccnc4)cc3)CC2=O)CC1.Cl.Cl. The summed E-state index contributed by atoms with van der Waals surface area (Å²) in [6.45, 7) is 5.40. The summed E-state index contributed by atoms with van der Waals surface area (Å²) in [5, 5.41) is 7.74. The lowest BCUT2D eigenvalue weighted by molar-refractivity contribution is -0.134. The zero-order valence-corrected chi connectivity index (χ0v) is 21.6. The van der Waals surface area contributed by atoms with Crippen molar-refractivity contribution in [1.82, 2.24) is 23.7 Å².